The Labute approximate surface area is 150 Å². The maximum Gasteiger partial charge on any atom is 0.255 e. The van der Waals surface area contributed by atoms with E-state index in [1.807, 2.05) is 11.0 Å². The van der Waals surface area contributed by atoms with Crippen LogP contribution in [-0.2, 0) is 0 Å². The third kappa shape index (κ3) is 4.38. The Bertz CT molecular complexity index is 724. The zero-order valence-corrected chi connectivity index (χ0v) is 15.3. The van der Waals surface area contributed by atoms with E-state index in [9.17, 15) is 4.79 Å². The summed E-state index contributed by atoms with van der Waals surface area (Å²) in [6.07, 6.45) is 5.71. The number of carbonyl (C=O) groups excluding carboxylic acids is 1. The molecule has 0 bridgehead atoms. The molecule has 1 fully saturated rings. The largest absolute Gasteiger partial charge is 0.354 e. The number of nitrogens with one attached hydrogen (secondary N) is 1. The van der Waals surface area contributed by atoms with Crippen LogP contribution >= 0.6 is 0 Å². The minimum absolute atomic E-state index is 0.0813. The molecule has 1 saturated heterocycles. The van der Waals surface area contributed by atoms with E-state index < -0.39 is 0 Å². The molecule has 4 heteroatoms. The number of pyridine rings is 1. The number of amides is 1. The number of rotatable bonds is 4. The van der Waals surface area contributed by atoms with Crippen molar-refractivity contribution >= 4 is 17.3 Å². The first-order valence-electron chi connectivity index (χ1n) is 9.14. The summed E-state index contributed by atoms with van der Waals surface area (Å²) in [6, 6.07) is 10.3. The van der Waals surface area contributed by atoms with Gasteiger partial charge >= 0.3 is 0 Å². The summed E-state index contributed by atoms with van der Waals surface area (Å²) in [5.74, 6) is 1.17. The molecule has 1 atom stereocenters. The van der Waals surface area contributed by atoms with Crippen LogP contribution in [0.3, 0.4) is 0 Å². The minimum atomic E-state index is 0.0813. The van der Waals surface area contributed by atoms with Crippen molar-refractivity contribution in [3.63, 3.8) is 0 Å². The van der Waals surface area contributed by atoms with Crippen LogP contribution in [0.25, 0.3) is 0 Å². The topological polar surface area (TPSA) is 45.2 Å². The second kappa shape index (κ2) is 7.68. The predicted molar refractivity (Wildman–Crippen MR) is 102 cm³/mol. The number of hydrogen-bond acceptors (Lipinski definition) is 3. The molecule has 0 spiro atoms. The zero-order chi connectivity index (χ0) is 17.8. The van der Waals surface area contributed by atoms with E-state index in [1.54, 1.807) is 12.4 Å². The van der Waals surface area contributed by atoms with Crippen LogP contribution in [0.1, 0.15) is 55.5 Å². The predicted octanol–water partition coefficient (Wildman–Crippen LogP) is 4.82. The van der Waals surface area contributed by atoms with Crippen molar-refractivity contribution in [2.45, 2.75) is 39.5 Å². The quantitative estimate of drug-likeness (QED) is 0.870. The normalized spacial score (nSPS) is 17.6. The first-order chi connectivity index (χ1) is 12.0. The molecule has 2 heterocycles. The molecule has 25 heavy (non-hydrogen) atoms. The number of aromatic nitrogens is 1. The van der Waals surface area contributed by atoms with Crippen LogP contribution < -0.4 is 5.32 Å². The molecule has 0 aliphatic carbocycles. The van der Waals surface area contributed by atoms with Gasteiger partial charge in [-0.1, -0.05) is 32.9 Å². The van der Waals surface area contributed by atoms with Gasteiger partial charge in [0.2, 0.25) is 0 Å². The van der Waals surface area contributed by atoms with E-state index in [0.717, 1.165) is 30.9 Å². The molecule has 1 N–H and O–H groups in total. The summed E-state index contributed by atoms with van der Waals surface area (Å²) in [7, 11) is 0. The summed E-state index contributed by atoms with van der Waals surface area (Å²) >= 11 is 0. The fourth-order valence-corrected chi connectivity index (χ4v) is 3.30. The van der Waals surface area contributed by atoms with Gasteiger partial charge in [0.15, 0.2) is 0 Å². The number of carbonyl (C=O) groups is 1. The zero-order valence-electron chi connectivity index (χ0n) is 15.3. The Kier molecular flexibility index (Phi) is 5.37. The number of nitrogens with zero attached hydrogens (tertiary/aromatic N) is 2. The smallest absolute Gasteiger partial charge is 0.255 e. The molecule has 1 aliphatic heterocycles. The van der Waals surface area contributed by atoms with Crippen molar-refractivity contribution in [3.8, 4) is 0 Å². The molecule has 1 amide bonds. The van der Waals surface area contributed by atoms with Crippen LogP contribution in [0.2, 0.25) is 0 Å². The van der Waals surface area contributed by atoms with Crippen molar-refractivity contribution in [2.75, 3.05) is 18.4 Å². The molecule has 1 unspecified atom stereocenters. The minimum Gasteiger partial charge on any atom is -0.354 e. The highest BCUT2D eigenvalue weighted by Crippen LogP contribution is 2.22. The van der Waals surface area contributed by atoms with E-state index in [2.05, 4.69) is 55.3 Å². The van der Waals surface area contributed by atoms with Crippen molar-refractivity contribution in [1.29, 1.82) is 0 Å². The van der Waals surface area contributed by atoms with Crippen molar-refractivity contribution in [1.82, 2.24) is 9.88 Å². The van der Waals surface area contributed by atoms with Gasteiger partial charge in [-0.3, -0.25) is 9.78 Å². The Morgan fingerprint density at radius 1 is 1.20 bits per heavy atom. The lowest BCUT2D eigenvalue weighted by Crippen LogP contribution is -2.39. The van der Waals surface area contributed by atoms with Crippen molar-refractivity contribution in [3.05, 3.63) is 53.9 Å². The third-order valence-corrected chi connectivity index (χ3v) is 4.80. The Morgan fingerprint density at radius 2 is 1.96 bits per heavy atom. The molecule has 1 aromatic heterocycles. The molecule has 3 rings (SSSR count). The third-order valence-electron chi connectivity index (χ3n) is 4.80. The number of hydrogen-bond donors (Lipinski definition) is 1. The number of anilines is 2. The monoisotopic (exact) mass is 337 g/mol. The van der Waals surface area contributed by atoms with Gasteiger partial charge in [-0.2, -0.15) is 0 Å². The van der Waals surface area contributed by atoms with Crippen LogP contribution in [0.5, 0.6) is 0 Å². The summed E-state index contributed by atoms with van der Waals surface area (Å²) in [6.45, 7) is 8.26. The molecule has 0 radical (unpaired) electrons. The standard InChI is InChI=1S/C21H27N3O/c1-15(2)17-6-8-19(9-7-17)23-20-11-18(12-22-13-20)21(25)24-10-4-5-16(3)14-24/h6-9,11-13,15-16,23H,4-5,10,14H2,1-3H3. The summed E-state index contributed by atoms with van der Waals surface area (Å²) in [5.41, 5.74) is 3.81. The fraction of sp³-hybridized carbons (Fsp3) is 0.429. The van der Waals surface area contributed by atoms with Gasteiger partial charge in [0.05, 0.1) is 17.4 Å². The molecular formula is C21H27N3O. The Balaban J connectivity index is 1.71. The highest BCUT2D eigenvalue weighted by Gasteiger charge is 2.22. The molecular weight excluding hydrogens is 310 g/mol. The van der Waals surface area contributed by atoms with Crippen molar-refractivity contribution in [2.24, 2.45) is 5.92 Å². The van der Waals surface area contributed by atoms with E-state index in [0.29, 0.717) is 17.4 Å². The van der Waals surface area contributed by atoms with E-state index in [-0.39, 0.29) is 5.91 Å². The lowest BCUT2D eigenvalue weighted by Gasteiger charge is -2.31. The Morgan fingerprint density at radius 3 is 2.64 bits per heavy atom. The highest BCUT2D eigenvalue weighted by atomic mass is 16.2. The van der Waals surface area contributed by atoms with Gasteiger partial charge < -0.3 is 10.2 Å². The maximum absolute atomic E-state index is 12.7. The average molecular weight is 337 g/mol. The lowest BCUT2D eigenvalue weighted by atomic mass is 10.00. The van der Waals surface area contributed by atoms with Crippen LogP contribution in [0.15, 0.2) is 42.7 Å². The second-order valence-corrected chi connectivity index (χ2v) is 7.36. The fourth-order valence-electron chi connectivity index (χ4n) is 3.30. The Hall–Kier alpha value is -2.36. The maximum atomic E-state index is 12.7. The summed E-state index contributed by atoms with van der Waals surface area (Å²) in [4.78, 5) is 18.9. The summed E-state index contributed by atoms with van der Waals surface area (Å²) < 4.78 is 0. The van der Waals surface area contributed by atoms with Gasteiger partial charge in [0, 0.05) is 25.0 Å². The molecule has 4 nitrogen and oxygen atoms in total. The first-order valence-corrected chi connectivity index (χ1v) is 9.14. The van der Waals surface area contributed by atoms with E-state index >= 15 is 0 Å². The molecule has 132 valence electrons. The molecule has 1 aliphatic rings. The van der Waals surface area contributed by atoms with Crippen LogP contribution in [-0.4, -0.2) is 28.9 Å². The second-order valence-electron chi connectivity index (χ2n) is 7.36. The average Bonchev–Trinajstić information content (AvgIpc) is 2.62. The van der Waals surface area contributed by atoms with Gasteiger partial charge in [0.1, 0.15) is 0 Å². The van der Waals surface area contributed by atoms with Crippen LogP contribution in [0.4, 0.5) is 11.4 Å². The van der Waals surface area contributed by atoms with Crippen molar-refractivity contribution < 1.29 is 4.79 Å². The van der Waals surface area contributed by atoms with Gasteiger partial charge in [0.25, 0.3) is 5.91 Å². The SMILES string of the molecule is CC1CCCN(C(=O)c2cncc(Nc3ccc(C(C)C)cc3)c2)C1. The molecule has 2 aromatic rings. The van der Waals surface area contributed by atoms with Gasteiger partial charge in [-0.05, 0) is 48.4 Å². The molecule has 0 saturated carbocycles. The highest BCUT2D eigenvalue weighted by molar-refractivity contribution is 5.95. The summed E-state index contributed by atoms with van der Waals surface area (Å²) in [5, 5.41) is 3.34. The lowest BCUT2D eigenvalue weighted by molar-refractivity contribution is 0.0682. The first kappa shape index (κ1) is 17.5. The van der Waals surface area contributed by atoms with Gasteiger partial charge in [-0.15, -0.1) is 0 Å². The van der Waals surface area contributed by atoms with Crippen LogP contribution in [0, 0.1) is 5.92 Å². The number of likely N-dealkylation sites (tertiary alicyclic amines) is 1. The van der Waals surface area contributed by atoms with E-state index in [1.165, 1.54) is 12.0 Å². The molecule has 1 aromatic carbocycles. The number of benzene rings is 1. The van der Waals surface area contributed by atoms with Gasteiger partial charge in [-0.25, -0.2) is 0 Å². The number of piperidine rings is 1. The van der Waals surface area contributed by atoms with E-state index in [4.69, 9.17) is 0 Å².